The minimum Gasteiger partial charge on any atom is -0.481 e. The Labute approximate surface area is 149 Å². The predicted molar refractivity (Wildman–Crippen MR) is 94.3 cm³/mol. The zero-order valence-corrected chi connectivity index (χ0v) is 15.3. The third-order valence-electron chi connectivity index (χ3n) is 5.75. The highest BCUT2D eigenvalue weighted by molar-refractivity contribution is 5.87. The molecule has 0 bridgehead atoms. The Balaban J connectivity index is 1.79. The van der Waals surface area contributed by atoms with E-state index in [1.165, 1.54) is 32.1 Å². The lowest BCUT2D eigenvalue weighted by molar-refractivity contribution is -0.148. The smallest absolute Gasteiger partial charge is 0.307 e. The summed E-state index contributed by atoms with van der Waals surface area (Å²) in [6.45, 7) is 3.84. The van der Waals surface area contributed by atoms with E-state index in [9.17, 15) is 19.5 Å². The second-order valence-electron chi connectivity index (χ2n) is 7.60. The van der Waals surface area contributed by atoms with E-state index in [0.29, 0.717) is 25.2 Å². The van der Waals surface area contributed by atoms with Gasteiger partial charge in [-0.15, -0.1) is 0 Å². The van der Waals surface area contributed by atoms with Crippen LogP contribution in [0.3, 0.4) is 0 Å². The van der Waals surface area contributed by atoms with E-state index in [0.717, 1.165) is 17.6 Å². The summed E-state index contributed by atoms with van der Waals surface area (Å²) in [6.07, 6.45) is 8.21. The van der Waals surface area contributed by atoms with Gasteiger partial charge in [-0.2, -0.15) is 0 Å². The number of hydrogen-bond donors (Lipinski definition) is 3. The van der Waals surface area contributed by atoms with E-state index in [-0.39, 0.29) is 5.91 Å². The first kappa shape index (κ1) is 19.5. The molecule has 25 heavy (non-hydrogen) atoms. The molecule has 3 N–H and O–H groups in total. The van der Waals surface area contributed by atoms with E-state index < -0.39 is 23.7 Å². The van der Waals surface area contributed by atoms with Gasteiger partial charge in [0.2, 0.25) is 11.8 Å². The third-order valence-corrected chi connectivity index (χ3v) is 5.75. The molecule has 0 aliphatic heterocycles. The van der Waals surface area contributed by atoms with Gasteiger partial charge in [0.05, 0.1) is 11.8 Å². The van der Waals surface area contributed by atoms with Gasteiger partial charge in [0.1, 0.15) is 0 Å². The van der Waals surface area contributed by atoms with E-state index in [1.807, 2.05) is 13.8 Å². The van der Waals surface area contributed by atoms with Crippen molar-refractivity contribution in [3.05, 3.63) is 11.1 Å². The van der Waals surface area contributed by atoms with Crippen LogP contribution in [-0.4, -0.2) is 22.9 Å². The summed E-state index contributed by atoms with van der Waals surface area (Å²) in [5, 5.41) is 9.38. The van der Waals surface area contributed by atoms with E-state index in [4.69, 9.17) is 0 Å². The van der Waals surface area contributed by atoms with Crippen LogP contribution in [0.2, 0.25) is 0 Å². The average molecular weight is 350 g/mol. The maximum atomic E-state index is 12.4. The maximum Gasteiger partial charge on any atom is 0.307 e. The number of carbonyl (C=O) groups is 3. The van der Waals surface area contributed by atoms with Crippen molar-refractivity contribution in [3.63, 3.8) is 0 Å². The van der Waals surface area contributed by atoms with Crippen LogP contribution in [-0.2, 0) is 14.4 Å². The molecule has 0 aromatic heterocycles. The topological polar surface area (TPSA) is 95.5 Å². The highest BCUT2D eigenvalue weighted by Gasteiger charge is 2.37. The number of rotatable bonds is 5. The highest BCUT2D eigenvalue weighted by atomic mass is 16.4. The molecule has 2 atom stereocenters. The van der Waals surface area contributed by atoms with Crippen LogP contribution in [0.5, 0.6) is 0 Å². The van der Waals surface area contributed by atoms with Crippen molar-refractivity contribution in [2.75, 3.05) is 0 Å². The lowest BCUT2D eigenvalue weighted by Crippen LogP contribution is -2.48. The molecule has 2 aliphatic carbocycles. The average Bonchev–Trinajstić information content (AvgIpc) is 2.60. The van der Waals surface area contributed by atoms with Gasteiger partial charge in [-0.25, -0.2) is 0 Å². The molecule has 0 unspecified atom stereocenters. The Hall–Kier alpha value is -1.85. The van der Waals surface area contributed by atoms with Crippen molar-refractivity contribution in [3.8, 4) is 0 Å². The number of hydrazine groups is 1. The van der Waals surface area contributed by atoms with Crippen molar-refractivity contribution in [1.29, 1.82) is 0 Å². The van der Waals surface area contributed by atoms with Crippen molar-refractivity contribution in [2.24, 2.45) is 17.8 Å². The molecule has 2 aliphatic rings. The van der Waals surface area contributed by atoms with Gasteiger partial charge in [0.25, 0.3) is 0 Å². The van der Waals surface area contributed by atoms with Gasteiger partial charge in [-0.3, -0.25) is 25.2 Å². The molecule has 2 rings (SSSR count). The molecule has 0 aromatic carbocycles. The molecule has 0 radical (unpaired) electrons. The molecule has 0 aromatic rings. The first-order valence-electron chi connectivity index (χ1n) is 9.35. The summed E-state index contributed by atoms with van der Waals surface area (Å²) in [4.78, 5) is 35.8. The van der Waals surface area contributed by atoms with Crippen LogP contribution < -0.4 is 10.9 Å². The first-order valence-corrected chi connectivity index (χ1v) is 9.35. The molecule has 0 heterocycles. The highest BCUT2D eigenvalue weighted by Crippen LogP contribution is 2.34. The third kappa shape index (κ3) is 5.58. The van der Waals surface area contributed by atoms with Crippen molar-refractivity contribution in [2.45, 2.75) is 71.6 Å². The summed E-state index contributed by atoms with van der Waals surface area (Å²) in [5.41, 5.74) is 6.98. The van der Waals surface area contributed by atoms with E-state index in [2.05, 4.69) is 10.9 Å². The Kier molecular flexibility index (Phi) is 7.02. The summed E-state index contributed by atoms with van der Waals surface area (Å²) < 4.78 is 0. The second kappa shape index (κ2) is 9.02. The number of allylic oxidation sites excluding steroid dienone is 2. The molecule has 1 fully saturated rings. The minimum atomic E-state index is -0.962. The number of hydrogen-bond acceptors (Lipinski definition) is 3. The Bertz CT molecular complexity index is 550. The summed E-state index contributed by atoms with van der Waals surface area (Å²) >= 11 is 0. The fourth-order valence-electron chi connectivity index (χ4n) is 3.93. The Morgan fingerprint density at radius 3 is 2.16 bits per heavy atom. The van der Waals surface area contributed by atoms with E-state index in [1.54, 1.807) is 0 Å². The molecule has 0 saturated heterocycles. The van der Waals surface area contributed by atoms with Crippen molar-refractivity contribution < 1.29 is 19.5 Å². The summed E-state index contributed by atoms with van der Waals surface area (Å²) in [5.74, 6) is -2.34. The molecule has 6 heteroatoms. The maximum absolute atomic E-state index is 12.4. The van der Waals surface area contributed by atoms with Crippen LogP contribution >= 0.6 is 0 Å². The quantitative estimate of drug-likeness (QED) is 0.525. The molecule has 2 amide bonds. The first-order chi connectivity index (χ1) is 11.9. The van der Waals surface area contributed by atoms with E-state index >= 15 is 0 Å². The van der Waals surface area contributed by atoms with Gasteiger partial charge in [0, 0.05) is 6.42 Å². The van der Waals surface area contributed by atoms with Gasteiger partial charge in [-0.1, -0.05) is 43.3 Å². The summed E-state index contributed by atoms with van der Waals surface area (Å²) in [6, 6.07) is 0. The van der Waals surface area contributed by atoms with Gasteiger partial charge in [0.15, 0.2) is 0 Å². The van der Waals surface area contributed by atoms with Crippen LogP contribution in [0.15, 0.2) is 11.1 Å². The Morgan fingerprint density at radius 2 is 1.56 bits per heavy atom. The van der Waals surface area contributed by atoms with Crippen LogP contribution in [0.25, 0.3) is 0 Å². The molecule has 0 spiro atoms. The Morgan fingerprint density at radius 1 is 0.960 bits per heavy atom. The van der Waals surface area contributed by atoms with Crippen LogP contribution in [0.1, 0.15) is 71.6 Å². The van der Waals surface area contributed by atoms with Gasteiger partial charge >= 0.3 is 5.97 Å². The standard InChI is InChI=1S/C19H30N2O4/c1-12-10-15(16(19(24)25)11-13(12)2)18(23)21-20-17(22)9-8-14-6-4-3-5-7-14/h14-16H,3-11H2,1-2H3,(H,20,22)(H,21,23)(H,24,25)/t15-,16+/m1/s1. The lowest BCUT2D eigenvalue weighted by Gasteiger charge is -2.29. The van der Waals surface area contributed by atoms with Crippen molar-refractivity contribution >= 4 is 17.8 Å². The number of carboxylic acid groups (broad SMARTS) is 1. The van der Waals surface area contributed by atoms with Crippen molar-refractivity contribution in [1.82, 2.24) is 10.9 Å². The molecular formula is C19H30N2O4. The van der Waals surface area contributed by atoms with Crippen LogP contribution in [0, 0.1) is 17.8 Å². The number of carbonyl (C=O) groups excluding carboxylic acids is 2. The SMILES string of the molecule is CC1=C(C)C[C@@H](C(=O)NNC(=O)CCC2CCCCC2)[C@@H](C(=O)O)C1. The predicted octanol–water partition coefficient (Wildman–Crippen LogP) is 2.94. The van der Waals surface area contributed by atoms with Gasteiger partial charge < -0.3 is 5.11 Å². The summed E-state index contributed by atoms with van der Waals surface area (Å²) in [7, 11) is 0. The molecular weight excluding hydrogens is 320 g/mol. The zero-order valence-electron chi connectivity index (χ0n) is 15.3. The number of nitrogens with one attached hydrogen (secondary N) is 2. The molecule has 1 saturated carbocycles. The fraction of sp³-hybridized carbons (Fsp3) is 0.737. The van der Waals surface area contributed by atoms with Gasteiger partial charge in [-0.05, 0) is 39.0 Å². The minimum absolute atomic E-state index is 0.204. The normalized spacial score (nSPS) is 24.7. The molecule has 6 nitrogen and oxygen atoms in total. The largest absolute Gasteiger partial charge is 0.481 e. The second-order valence-corrected chi connectivity index (χ2v) is 7.60. The molecule has 140 valence electrons. The number of carboxylic acids is 1. The van der Waals surface area contributed by atoms with Crippen LogP contribution in [0.4, 0.5) is 0 Å². The monoisotopic (exact) mass is 350 g/mol. The number of amides is 2. The fourth-order valence-corrected chi connectivity index (χ4v) is 3.93. The lowest BCUT2D eigenvalue weighted by atomic mass is 9.76. The number of aliphatic carboxylic acids is 1. The zero-order chi connectivity index (χ0) is 18.4.